The van der Waals surface area contributed by atoms with E-state index < -0.39 is 23.5 Å². The molecule has 3 nitrogen and oxygen atoms in total. The number of nitrogens with one attached hydrogen (secondary N) is 3. The second-order valence-electron chi connectivity index (χ2n) is 8.95. The molecule has 0 spiro atoms. The maximum atomic E-state index is 13.2. The monoisotopic (exact) mass is 525 g/mol. The minimum atomic E-state index is -4.92. The molecule has 4 rings (SSSR count). The molecule has 10 heteroatoms. The molecule has 36 heavy (non-hydrogen) atoms. The number of hydrogen-bond donors (Lipinski definition) is 3. The quantitative estimate of drug-likeness (QED) is 0.242. The first-order valence-corrected chi connectivity index (χ1v) is 12.0. The lowest BCUT2D eigenvalue weighted by atomic mass is 9.90. The van der Waals surface area contributed by atoms with Crippen molar-refractivity contribution < 1.29 is 26.3 Å². The molecule has 2 atom stereocenters. The van der Waals surface area contributed by atoms with Gasteiger partial charge in [-0.15, -0.1) is 0 Å². The molecule has 0 radical (unpaired) electrons. The molecular weight excluding hydrogens is 500 g/mol. The van der Waals surface area contributed by atoms with E-state index in [0.717, 1.165) is 42.0 Å². The maximum absolute atomic E-state index is 13.2. The van der Waals surface area contributed by atoms with Gasteiger partial charge in [0, 0.05) is 24.3 Å². The van der Waals surface area contributed by atoms with Crippen molar-refractivity contribution in [2.75, 3.05) is 5.32 Å². The van der Waals surface area contributed by atoms with Gasteiger partial charge in [0.2, 0.25) is 0 Å². The Morgan fingerprint density at radius 1 is 0.778 bits per heavy atom. The fraction of sp³-hybridized carbons (Fsp3) is 0.346. The Bertz CT molecular complexity index is 1190. The smallest absolute Gasteiger partial charge is 0.358 e. The van der Waals surface area contributed by atoms with Gasteiger partial charge in [-0.3, -0.25) is 0 Å². The highest BCUT2D eigenvalue weighted by Gasteiger charge is 2.37. The van der Waals surface area contributed by atoms with Crippen LogP contribution in [0.25, 0.3) is 10.8 Å². The van der Waals surface area contributed by atoms with Crippen LogP contribution in [0.4, 0.5) is 32.0 Å². The molecule has 0 aromatic heterocycles. The van der Waals surface area contributed by atoms with E-state index in [-0.39, 0.29) is 28.9 Å². The average Bonchev–Trinajstić information content (AvgIpc) is 2.82. The highest BCUT2D eigenvalue weighted by molar-refractivity contribution is 7.80. The molecule has 0 bridgehead atoms. The summed E-state index contributed by atoms with van der Waals surface area (Å²) >= 11 is 5.26. The fourth-order valence-electron chi connectivity index (χ4n) is 4.51. The Morgan fingerprint density at radius 2 is 1.39 bits per heavy atom. The summed E-state index contributed by atoms with van der Waals surface area (Å²) in [6, 6.07) is 15.6. The molecule has 1 aliphatic carbocycles. The predicted molar refractivity (Wildman–Crippen MR) is 133 cm³/mol. The Labute approximate surface area is 210 Å². The van der Waals surface area contributed by atoms with Crippen LogP contribution in [0.3, 0.4) is 0 Å². The predicted octanol–water partition coefficient (Wildman–Crippen LogP) is 7.26. The second-order valence-corrected chi connectivity index (χ2v) is 9.36. The molecule has 3 aromatic carbocycles. The zero-order valence-electron chi connectivity index (χ0n) is 19.1. The lowest BCUT2D eigenvalue weighted by molar-refractivity contribution is -0.143. The third-order valence-electron chi connectivity index (χ3n) is 6.31. The summed E-state index contributed by atoms with van der Waals surface area (Å²) in [5, 5.41) is 11.4. The van der Waals surface area contributed by atoms with Gasteiger partial charge < -0.3 is 16.0 Å². The third-order valence-corrected chi connectivity index (χ3v) is 6.53. The van der Waals surface area contributed by atoms with Crippen molar-refractivity contribution >= 4 is 33.8 Å². The fourth-order valence-corrected chi connectivity index (χ4v) is 4.78. The normalized spacial score (nSPS) is 18.7. The highest BCUT2D eigenvalue weighted by atomic mass is 32.1. The number of hydrogen-bond acceptors (Lipinski definition) is 2. The van der Waals surface area contributed by atoms with E-state index in [1.165, 1.54) is 0 Å². The summed E-state index contributed by atoms with van der Waals surface area (Å²) in [6.07, 6.45) is -6.25. The SMILES string of the molecule is FC(F)(F)c1cc(NC(=S)N[C@@H]2CCCC[C@H]2NCc2ccc3ccccc3c2)cc(C(F)(F)F)c1. The number of anilines is 1. The molecule has 0 saturated heterocycles. The van der Waals surface area contributed by atoms with Gasteiger partial charge in [-0.05, 0) is 65.7 Å². The first-order chi connectivity index (χ1) is 17.0. The van der Waals surface area contributed by atoms with Crippen LogP contribution in [0.5, 0.6) is 0 Å². The van der Waals surface area contributed by atoms with Crippen LogP contribution in [0.1, 0.15) is 42.4 Å². The standard InChI is InChI=1S/C26H25F6N3S/c27-25(28,29)19-12-20(26(30,31)32)14-21(13-19)34-24(36)35-23-8-4-3-7-22(23)33-15-16-9-10-17-5-1-2-6-18(17)11-16/h1-2,5-6,9-14,22-23,33H,3-4,7-8,15H2,(H2,34,35,36)/t22-,23-/m1/s1. The van der Waals surface area contributed by atoms with E-state index in [1.807, 2.05) is 24.3 Å². The maximum Gasteiger partial charge on any atom is 0.416 e. The number of thiocarbonyl (C=S) groups is 1. The van der Waals surface area contributed by atoms with Gasteiger partial charge in [-0.1, -0.05) is 49.2 Å². The van der Waals surface area contributed by atoms with E-state index >= 15 is 0 Å². The van der Waals surface area contributed by atoms with Crippen LogP contribution in [0, 0.1) is 0 Å². The Kier molecular flexibility index (Phi) is 7.75. The van der Waals surface area contributed by atoms with Crippen molar-refractivity contribution in [3.8, 4) is 0 Å². The summed E-state index contributed by atoms with van der Waals surface area (Å²) in [5.41, 5.74) is -2.04. The van der Waals surface area contributed by atoms with Crippen molar-refractivity contribution in [3.63, 3.8) is 0 Å². The van der Waals surface area contributed by atoms with Crippen LogP contribution in [0.15, 0.2) is 60.7 Å². The summed E-state index contributed by atoms with van der Waals surface area (Å²) in [5.74, 6) is 0. The molecule has 0 heterocycles. The van der Waals surface area contributed by atoms with Gasteiger partial charge in [0.25, 0.3) is 0 Å². The molecule has 1 aliphatic rings. The molecule has 1 fully saturated rings. The summed E-state index contributed by atoms with van der Waals surface area (Å²) in [6.45, 7) is 0.621. The second kappa shape index (κ2) is 10.6. The average molecular weight is 526 g/mol. The first kappa shape index (κ1) is 26.2. The largest absolute Gasteiger partial charge is 0.416 e. The third kappa shape index (κ3) is 6.67. The van der Waals surface area contributed by atoms with Crippen molar-refractivity contribution in [3.05, 3.63) is 77.4 Å². The minimum Gasteiger partial charge on any atom is -0.358 e. The zero-order valence-corrected chi connectivity index (χ0v) is 20.0. The number of fused-ring (bicyclic) bond motifs is 1. The summed E-state index contributed by atoms with van der Waals surface area (Å²) < 4.78 is 78.9. The Hall–Kier alpha value is -2.85. The highest BCUT2D eigenvalue weighted by Crippen LogP contribution is 2.37. The summed E-state index contributed by atoms with van der Waals surface area (Å²) in [4.78, 5) is 0. The van der Waals surface area contributed by atoms with E-state index in [0.29, 0.717) is 18.7 Å². The number of halogens is 6. The molecule has 0 amide bonds. The lowest BCUT2D eigenvalue weighted by Gasteiger charge is -2.34. The van der Waals surface area contributed by atoms with Crippen LogP contribution in [-0.4, -0.2) is 17.2 Å². The van der Waals surface area contributed by atoms with E-state index in [2.05, 4.69) is 34.1 Å². The van der Waals surface area contributed by atoms with Crippen LogP contribution in [-0.2, 0) is 18.9 Å². The first-order valence-electron chi connectivity index (χ1n) is 11.6. The topological polar surface area (TPSA) is 36.1 Å². The molecule has 3 N–H and O–H groups in total. The van der Waals surface area contributed by atoms with Gasteiger partial charge in [0.05, 0.1) is 11.1 Å². The number of alkyl halides is 6. The Morgan fingerprint density at radius 3 is 2.03 bits per heavy atom. The van der Waals surface area contributed by atoms with E-state index in [9.17, 15) is 26.3 Å². The van der Waals surface area contributed by atoms with Crippen molar-refractivity contribution in [1.82, 2.24) is 10.6 Å². The van der Waals surface area contributed by atoms with E-state index in [4.69, 9.17) is 12.2 Å². The number of benzene rings is 3. The summed E-state index contributed by atoms with van der Waals surface area (Å²) in [7, 11) is 0. The van der Waals surface area contributed by atoms with Crippen molar-refractivity contribution in [1.29, 1.82) is 0 Å². The van der Waals surface area contributed by atoms with E-state index in [1.54, 1.807) is 0 Å². The van der Waals surface area contributed by atoms with Gasteiger partial charge in [-0.2, -0.15) is 26.3 Å². The van der Waals surface area contributed by atoms with Gasteiger partial charge in [-0.25, -0.2) is 0 Å². The van der Waals surface area contributed by atoms with Crippen molar-refractivity contribution in [2.45, 2.75) is 56.7 Å². The van der Waals surface area contributed by atoms with Gasteiger partial charge in [0.1, 0.15) is 0 Å². The zero-order chi connectivity index (χ0) is 25.9. The molecule has 3 aromatic rings. The van der Waals surface area contributed by atoms with Crippen LogP contribution in [0.2, 0.25) is 0 Å². The molecule has 0 unspecified atom stereocenters. The van der Waals surface area contributed by atoms with Gasteiger partial charge >= 0.3 is 12.4 Å². The van der Waals surface area contributed by atoms with Crippen molar-refractivity contribution in [2.24, 2.45) is 0 Å². The van der Waals surface area contributed by atoms with Crippen LogP contribution >= 0.6 is 12.2 Å². The van der Waals surface area contributed by atoms with Gasteiger partial charge in [0.15, 0.2) is 5.11 Å². The Balaban J connectivity index is 1.42. The van der Waals surface area contributed by atoms with Crippen LogP contribution < -0.4 is 16.0 Å². The number of rotatable bonds is 5. The molecule has 192 valence electrons. The lowest BCUT2D eigenvalue weighted by Crippen LogP contribution is -2.52. The minimum absolute atomic E-state index is 0.0214. The molecule has 0 aliphatic heterocycles. The molecular formula is C26H25F6N3S. The molecule has 1 saturated carbocycles.